The largest absolute Gasteiger partial charge is 0.494 e. The third-order valence-corrected chi connectivity index (χ3v) is 5.90. The Morgan fingerprint density at radius 3 is 2.64 bits per heavy atom. The fourth-order valence-corrected chi connectivity index (χ4v) is 4.09. The minimum Gasteiger partial charge on any atom is -0.494 e. The van der Waals surface area contributed by atoms with Crippen LogP contribution in [0.5, 0.6) is 5.75 Å². The molecule has 2 aromatic rings. The van der Waals surface area contributed by atoms with E-state index in [1.807, 2.05) is 31.2 Å². The van der Waals surface area contributed by atoms with E-state index >= 15 is 0 Å². The van der Waals surface area contributed by atoms with Crippen molar-refractivity contribution in [1.29, 1.82) is 0 Å². The number of nitrogens with one attached hydrogen (secondary N) is 2. The van der Waals surface area contributed by atoms with Crippen LogP contribution in [0.1, 0.15) is 37.7 Å². The third-order valence-electron chi connectivity index (χ3n) is 4.38. The normalized spacial score (nSPS) is 13.9. The zero-order valence-corrected chi connectivity index (χ0v) is 16.8. The number of carbonyl (C=O) groups excluding carboxylic acids is 1. The van der Waals surface area contributed by atoms with Gasteiger partial charge in [0.15, 0.2) is 0 Å². The number of hydrogen-bond donors (Lipinski definition) is 2. The molecule has 0 bridgehead atoms. The number of rotatable bonds is 10. The maximum Gasteiger partial charge on any atom is 0.240 e. The van der Waals surface area contributed by atoms with Gasteiger partial charge in [-0.25, -0.2) is 13.1 Å². The summed E-state index contributed by atoms with van der Waals surface area (Å²) in [7, 11) is -3.53. The van der Waals surface area contributed by atoms with Gasteiger partial charge in [-0.3, -0.25) is 4.79 Å². The van der Waals surface area contributed by atoms with E-state index in [1.165, 1.54) is 12.1 Å². The average Bonchev–Trinajstić information content (AvgIpc) is 3.45. The van der Waals surface area contributed by atoms with Gasteiger partial charge in [0.1, 0.15) is 5.75 Å². The van der Waals surface area contributed by atoms with Crippen molar-refractivity contribution in [3.05, 3.63) is 54.1 Å². The molecule has 0 heterocycles. The minimum atomic E-state index is -3.53. The molecule has 1 fully saturated rings. The molecule has 0 unspecified atom stereocenters. The van der Waals surface area contributed by atoms with Crippen molar-refractivity contribution in [2.75, 3.05) is 11.9 Å². The van der Waals surface area contributed by atoms with Crippen LogP contribution in [0.25, 0.3) is 0 Å². The maximum absolute atomic E-state index is 12.3. The molecule has 6 nitrogen and oxygen atoms in total. The second kappa shape index (κ2) is 9.21. The van der Waals surface area contributed by atoms with E-state index in [0.717, 1.165) is 30.6 Å². The van der Waals surface area contributed by atoms with Gasteiger partial charge in [0.2, 0.25) is 15.9 Å². The highest BCUT2D eigenvalue weighted by Crippen LogP contribution is 2.23. The zero-order chi connectivity index (χ0) is 20.0. The Morgan fingerprint density at radius 1 is 1.11 bits per heavy atom. The van der Waals surface area contributed by atoms with Gasteiger partial charge in [-0.1, -0.05) is 18.2 Å². The number of amides is 1. The molecule has 28 heavy (non-hydrogen) atoms. The summed E-state index contributed by atoms with van der Waals surface area (Å²) in [6.45, 7) is 2.57. The van der Waals surface area contributed by atoms with E-state index in [9.17, 15) is 13.2 Å². The Morgan fingerprint density at radius 2 is 1.89 bits per heavy atom. The van der Waals surface area contributed by atoms with Crippen LogP contribution in [-0.4, -0.2) is 27.0 Å². The number of sulfonamides is 1. The van der Waals surface area contributed by atoms with Crippen molar-refractivity contribution < 1.29 is 17.9 Å². The Hall–Kier alpha value is -2.38. The SMILES string of the molecule is Cc1cccc(OCCCCC(=O)Nc2cccc(S(=O)(=O)NC3CC3)c2)c1. The highest BCUT2D eigenvalue weighted by molar-refractivity contribution is 7.89. The van der Waals surface area contributed by atoms with E-state index in [0.29, 0.717) is 25.1 Å². The molecule has 0 aromatic heterocycles. The van der Waals surface area contributed by atoms with Gasteiger partial charge < -0.3 is 10.1 Å². The van der Waals surface area contributed by atoms with Crippen molar-refractivity contribution >= 4 is 21.6 Å². The molecule has 1 amide bonds. The molecule has 1 aliphatic carbocycles. The van der Waals surface area contributed by atoms with Crippen LogP contribution in [0.15, 0.2) is 53.4 Å². The van der Waals surface area contributed by atoms with Gasteiger partial charge in [-0.15, -0.1) is 0 Å². The summed E-state index contributed by atoms with van der Waals surface area (Å²) in [5, 5.41) is 2.77. The molecule has 150 valence electrons. The standard InChI is InChI=1S/C21H26N2O4S/c1-16-6-4-8-19(14-16)27-13-3-2-10-21(24)22-18-7-5-9-20(15-18)28(25,26)23-17-11-12-17/h4-9,14-15,17,23H,2-3,10-13H2,1H3,(H,22,24). The molecular weight excluding hydrogens is 376 g/mol. The fraction of sp³-hybridized carbons (Fsp3) is 0.381. The van der Waals surface area contributed by atoms with Crippen molar-refractivity contribution in [2.24, 2.45) is 0 Å². The highest BCUT2D eigenvalue weighted by Gasteiger charge is 2.28. The molecule has 0 atom stereocenters. The first-order valence-corrected chi connectivity index (χ1v) is 11.0. The molecular formula is C21H26N2O4S. The van der Waals surface area contributed by atoms with Gasteiger partial charge in [0, 0.05) is 18.2 Å². The molecule has 2 aromatic carbocycles. The first kappa shape index (κ1) is 20.4. The number of aryl methyl sites for hydroxylation is 1. The summed E-state index contributed by atoms with van der Waals surface area (Å²) in [6, 6.07) is 14.2. The van der Waals surface area contributed by atoms with Crippen molar-refractivity contribution in [2.45, 2.75) is 50.0 Å². The molecule has 0 saturated heterocycles. The smallest absolute Gasteiger partial charge is 0.240 e. The molecule has 3 rings (SSSR count). The predicted octanol–water partition coefficient (Wildman–Crippen LogP) is 3.62. The first-order valence-electron chi connectivity index (χ1n) is 9.54. The summed E-state index contributed by atoms with van der Waals surface area (Å²) >= 11 is 0. The van der Waals surface area contributed by atoms with Crippen LogP contribution in [0.4, 0.5) is 5.69 Å². The Kier molecular flexibility index (Phi) is 6.70. The second-order valence-electron chi connectivity index (χ2n) is 7.09. The molecule has 2 N–H and O–H groups in total. The van der Waals surface area contributed by atoms with Crippen LogP contribution in [0.3, 0.4) is 0 Å². The lowest BCUT2D eigenvalue weighted by molar-refractivity contribution is -0.116. The van der Waals surface area contributed by atoms with Crippen LogP contribution < -0.4 is 14.8 Å². The first-order chi connectivity index (χ1) is 13.4. The van der Waals surface area contributed by atoms with Gasteiger partial charge >= 0.3 is 0 Å². The Bertz CT molecular complexity index is 924. The van der Waals surface area contributed by atoms with Crippen LogP contribution in [0, 0.1) is 6.92 Å². The zero-order valence-electron chi connectivity index (χ0n) is 16.0. The molecule has 1 aliphatic rings. The summed E-state index contributed by atoms with van der Waals surface area (Å²) < 4.78 is 32.8. The van der Waals surface area contributed by atoms with Gasteiger partial charge in [0.25, 0.3) is 0 Å². The maximum atomic E-state index is 12.3. The van der Waals surface area contributed by atoms with E-state index in [1.54, 1.807) is 12.1 Å². The van der Waals surface area contributed by atoms with Gasteiger partial charge in [-0.05, 0) is 68.5 Å². The van der Waals surface area contributed by atoms with Crippen LogP contribution >= 0.6 is 0 Å². The summed E-state index contributed by atoms with van der Waals surface area (Å²) in [5.41, 5.74) is 1.63. The number of unbranched alkanes of at least 4 members (excludes halogenated alkanes) is 1. The summed E-state index contributed by atoms with van der Waals surface area (Å²) in [4.78, 5) is 12.3. The molecule has 0 radical (unpaired) electrons. The molecule has 1 saturated carbocycles. The number of carbonyl (C=O) groups is 1. The molecule has 7 heteroatoms. The third kappa shape index (κ3) is 6.35. The van der Waals surface area contributed by atoms with E-state index in [-0.39, 0.29) is 16.8 Å². The Labute approximate surface area is 166 Å². The van der Waals surface area contributed by atoms with Crippen molar-refractivity contribution in [3.8, 4) is 5.75 Å². The number of anilines is 1. The van der Waals surface area contributed by atoms with Crippen molar-refractivity contribution in [1.82, 2.24) is 4.72 Å². The van der Waals surface area contributed by atoms with E-state index in [2.05, 4.69) is 10.0 Å². The summed E-state index contributed by atoms with van der Waals surface area (Å²) in [5.74, 6) is 0.697. The van der Waals surface area contributed by atoms with Gasteiger partial charge in [-0.2, -0.15) is 0 Å². The topological polar surface area (TPSA) is 84.5 Å². The van der Waals surface area contributed by atoms with Crippen molar-refractivity contribution in [3.63, 3.8) is 0 Å². The lowest BCUT2D eigenvalue weighted by atomic mass is 10.2. The fourth-order valence-electron chi connectivity index (χ4n) is 2.74. The average molecular weight is 403 g/mol. The number of ether oxygens (including phenoxy) is 1. The summed E-state index contributed by atoms with van der Waals surface area (Å²) in [6.07, 6.45) is 3.57. The van der Waals surface area contributed by atoms with E-state index in [4.69, 9.17) is 4.74 Å². The molecule has 0 aliphatic heterocycles. The van der Waals surface area contributed by atoms with E-state index < -0.39 is 10.0 Å². The minimum absolute atomic E-state index is 0.0465. The van der Waals surface area contributed by atoms with Gasteiger partial charge in [0.05, 0.1) is 11.5 Å². The quantitative estimate of drug-likeness (QED) is 0.595. The number of hydrogen-bond acceptors (Lipinski definition) is 4. The predicted molar refractivity (Wildman–Crippen MR) is 109 cm³/mol. The number of benzene rings is 2. The Balaban J connectivity index is 1.41. The second-order valence-corrected chi connectivity index (χ2v) is 8.81. The highest BCUT2D eigenvalue weighted by atomic mass is 32.2. The molecule has 0 spiro atoms. The monoisotopic (exact) mass is 402 g/mol. The van der Waals surface area contributed by atoms with Crippen LogP contribution in [-0.2, 0) is 14.8 Å². The lowest BCUT2D eigenvalue weighted by Gasteiger charge is -2.09. The van der Waals surface area contributed by atoms with Crippen LogP contribution in [0.2, 0.25) is 0 Å². The lowest BCUT2D eigenvalue weighted by Crippen LogP contribution is -2.25.